The second-order valence-electron chi connectivity index (χ2n) is 5.46. The molecule has 0 atom stereocenters. The van der Waals surface area contributed by atoms with Crippen molar-refractivity contribution in [2.24, 2.45) is 5.92 Å². The first kappa shape index (κ1) is 17.0. The number of hydrogen-bond acceptors (Lipinski definition) is 3. The van der Waals surface area contributed by atoms with Gasteiger partial charge in [-0.3, -0.25) is 9.59 Å². The smallest absolute Gasteiger partial charge is 0.233 e. The fourth-order valence-electron chi connectivity index (χ4n) is 1.82. The fraction of sp³-hybridized carbons (Fsp3) is 0.500. The number of nitrogens with one attached hydrogen (secondary N) is 2. The summed E-state index contributed by atoms with van der Waals surface area (Å²) in [5.41, 5.74) is 1.59. The Morgan fingerprint density at radius 1 is 1.24 bits per heavy atom. The zero-order valence-corrected chi connectivity index (χ0v) is 13.2. The van der Waals surface area contributed by atoms with E-state index in [1.54, 1.807) is 13.2 Å². The molecule has 0 aliphatic heterocycles. The molecule has 0 radical (unpaired) electrons. The number of rotatable bonds is 7. The number of methoxy groups -OCH3 is 1. The van der Waals surface area contributed by atoms with Gasteiger partial charge >= 0.3 is 0 Å². The number of amides is 2. The topological polar surface area (TPSA) is 67.4 Å². The molecular weight excluding hydrogens is 268 g/mol. The van der Waals surface area contributed by atoms with Gasteiger partial charge in [0.05, 0.1) is 12.8 Å². The van der Waals surface area contributed by atoms with E-state index in [9.17, 15) is 9.59 Å². The molecule has 1 aromatic rings. The van der Waals surface area contributed by atoms with E-state index in [-0.39, 0.29) is 18.2 Å². The van der Waals surface area contributed by atoms with Gasteiger partial charge in [0, 0.05) is 6.54 Å². The second kappa shape index (κ2) is 8.29. The van der Waals surface area contributed by atoms with Gasteiger partial charge in [0.1, 0.15) is 12.2 Å². The van der Waals surface area contributed by atoms with Crippen LogP contribution in [-0.2, 0) is 9.59 Å². The highest BCUT2D eigenvalue weighted by molar-refractivity contribution is 6.04. The summed E-state index contributed by atoms with van der Waals surface area (Å²) in [4.78, 5) is 23.5. The first-order valence-electron chi connectivity index (χ1n) is 7.13. The number of carbonyl (C=O) groups excluding carboxylic acids is 2. The van der Waals surface area contributed by atoms with Crippen LogP contribution in [0.25, 0.3) is 0 Å². The molecule has 2 N–H and O–H groups in total. The summed E-state index contributed by atoms with van der Waals surface area (Å²) in [7, 11) is 1.54. The minimum absolute atomic E-state index is 0.185. The molecule has 0 saturated heterocycles. The van der Waals surface area contributed by atoms with E-state index in [0.29, 0.717) is 23.9 Å². The van der Waals surface area contributed by atoms with Crippen LogP contribution in [-0.4, -0.2) is 25.5 Å². The molecule has 0 aliphatic carbocycles. The maximum absolute atomic E-state index is 11.9. The Labute approximate surface area is 126 Å². The van der Waals surface area contributed by atoms with Crippen LogP contribution >= 0.6 is 0 Å². The van der Waals surface area contributed by atoms with Crippen molar-refractivity contribution in [2.45, 2.75) is 33.6 Å². The minimum Gasteiger partial charge on any atom is -0.495 e. The van der Waals surface area contributed by atoms with Gasteiger partial charge in [-0.15, -0.1) is 0 Å². The molecule has 1 aromatic carbocycles. The highest BCUT2D eigenvalue weighted by Gasteiger charge is 2.12. The Bertz CT molecular complexity index is 498. The summed E-state index contributed by atoms with van der Waals surface area (Å²) in [6, 6.07) is 5.49. The molecule has 2 amide bonds. The monoisotopic (exact) mass is 292 g/mol. The molecule has 5 heteroatoms. The lowest BCUT2D eigenvalue weighted by Gasteiger charge is -2.11. The first-order valence-corrected chi connectivity index (χ1v) is 7.13. The largest absolute Gasteiger partial charge is 0.495 e. The van der Waals surface area contributed by atoms with E-state index >= 15 is 0 Å². The van der Waals surface area contributed by atoms with Crippen LogP contribution in [0.1, 0.15) is 32.3 Å². The van der Waals surface area contributed by atoms with Gasteiger partial charge in [0.15, 0.2) is 0 Å². The van der Waals surface area contributed by atoms with E-state index < -0.39 is 0 Å². The van der Waals surface area contributed by atoms with Crippen molar-refractivity contribution in [3.05, 3.63) is 23.8 Å². The summed E-state index contributed by atoms with van der Waals surface area (Å²) >= 11 is 0. The normalized spacial score (nSPS) is 10.3. The fourth-order valence-corrected chi connectivity index (χ4v) is 1.82. The third-order valence-corrected chi connectivity index (χ3v) is 2.99. The van der Waals surface area contributed by atoms with Crippen molar-refractivity contribution in [3.8, 4) is 5.75 Å². The first-order chi connectivity index (χ1) is 9.92. The van der Waals surface area contributed by atoms with Crippen molar-refractivity contribution in [1.82, 2.24) is 5.32 Å². The highest BCUT2D eigenvalue weighted by Crippen LogP contribution is 2.25. The molecule has 0 aromatic heterocycles. The quantitative estimate of drug-likeness (QED) is 0.759. The molecular formula is C16H24N2O3. The van der Waals surface area contributed by atoms with Crippen molar-refractivity contribution in [3.63, 3.8) is 0 Å². The Balaban J connectivity index is 2.50. The molecule has 21 heavy (non-hydrogen) atoms. The third kappa shape index (κ3) is 6.29. The van der Waals surface area contributed by atoms with Crippen LogP contribution in [0.15, 0.2) is 18.2 Å². The molecule has 0 spiro atoms. The van der Waals surface area contributed by atoms with E-state index in [4.69, 9.17) is 4.74 Å². The van der Waals surface area contributed by atoms with Crippen LogP contribution in [0, 0.1) is 12.8 Å². The molecule has 5 nitrogen and oxygen atoms in total. The van der Waals surface area contributed by atoms with Crippen molar-refractivity contribution in [2.75, 3.05) is 19.0 Å². The van der Waals surface area contributed by atoms with Gasteiger partial charge in [-0.25, -0.2) is 0 Å². The zero-order chi connectivity index (χ0) is 15.8. The molecule has 0 aliphatic rings. The highest BCUT2D eigenvalue weighted by atomic mass is 16.5. The Hall–Kier alpha value is -2.04. The van der Waals surface area contributed by atoms with Crippen LogP contribution in [0.2, 0.25) is 0 Å². The van der Waals surface area contributed by atoms with Crippen LogP contribution < -0.4 is 15.4 Å². The van der Waals surface area contributed by atoms with Crippen LogP contribution in [0.5, 0.6) is 5.75 Å². The van der Waals surface area contributed by atoms with Gasteiger partial charge in [0.2, 0.25) is 11.8 Å². The van der Waals surface area contributed by atoms with Crippen molar-refractivity contribution < 1.29 is 14.3 Å². The molecule has 0 heterocycles. The SMILES string of the molecule is COc1ccc(C)cc1NC(=O)CC(=O)NCCC(C)C. The van der Waals surface area contributed by atoms with Gasteiger partial charge in [0.25, 0.3) is 0 Å². The number of carbonyl (C=O) groups is 2. The number of hydrogen-bond donors (Lipinski definition) is 2. The molecule has 0 saturated carbocycles. The predicted molar refractivity (Wildman–Crippen MR) is 83.4 cm³/mol. The Morgan fingerprint density at radius 2 is 1.95 bits per heavy atom. The Morgan fingerprint density at radius 3 is 2.57 bits per heavy atom. The summed E-state index contributed by atoms with van der Waals surface area (Å²) in [5.74, 6) is 0.491. The standard InChI is InChI=1S/C16H24N2O3/c1-11(2)7-8-17-15(19)10-16(20)18-13-9-12(3)5-6-14(13)21-4/h5-6,9,11H,7-8,10H2,1-4H3,(H,17,19)(H,18,20). The number of ether oxygens (including phenoxy) is 1. The van der Waals surface area contributed by atoms with Gasteiger partial charge in [-0.05, 0) is 37.0 Å². The van der Waals surface area contributed by atoms with Crippen LogP contribution in [0.3, 0.4) is 0 Å². The average molecular weight is 292 g/mol. The van der Waals surface area contributed by atoms with E-state index in [2.05, 4.69) is 24.5 Å². The van der Waals surface area contributed by atoms with E-state index in [1.165, 1.54) is 0 Å². The van der Waals surface area contributed by atoms with E-state index in [1.807, 2.05) is 19.1 Å². The summed E-state index contributed by atoms with van der Waals surface area (Å²) in [6.45, 7) is 6.69. The number of anilines is 1. The summed E-state index contributed by atoms with van der Waals surface area (Å²) in [6.07, 6.45) is 0.717. The van der Waals surface area contributed by atoms with Crippen LogP contribution in [0.4, 0.5) is 5.69 Å². The maximum Gasteiger partial charge on any atom is 0.233 e. The lowest BCUT2D eigenvalue weighted by atomic mass is 10.1. The summed E-state index contributed by atoms with van der Waals surface area (Å²) in [5, 5.41) is 5.45. The van der Waals surface area contributed by atoms with Gasteiger partial charge < -0.3 is 15.4 Å². The van der Waals surface area contributed by atoms with E-state index in [0.717, 1.165) is 12.0 Å². The lowest BCUT2D eigenvalue weighted by molar-refractivity contribution is -0.126. The molecule has 0 unspecified atom stereocenters. The predicted octanol–water partition coefficient (Wildman–Crippen LogP) is 2.49. The Kier molecular flexibility index (Phi) is 6.72. The van der Waals surface area contributed by atoms with Crippen molar-refractivity contribution >= 4 is 17.5 Å². The number of aryl methyl sites for hydroxylation is 1. The van der Waals surface area contributed by atoms with Gasteiger partial charge in [-0.2, -0.15) is 0 Å². The maximum atomic E-state index is 11.9. The zero-order valence-electron chi connectivity index (χ0n) is 13.2. The third-order valence-electron chi connectivity index (χ3n) is 2.99. The second-order valence-corrected chi connectivity index (χ2v) is 5.46. The minimum atomic E-state index is -0.346. The summed E-state index contributed by atoms with van der Waals surface area (Å²) < 4.78 is 5.18. The molecule has 116 valence electrons. The average Bonchev–Trinajstić information content (AvgIpc) is 2.38. The lowest BCUT2D eigenvalue weighted by Crippen LogP contribution is -2.29. The molecule has 0 bridgehead atoms. The van der Waals surface area contributed by atoms with Crippen molar-refractivity contribution in [1.29, 1.82) is 0 Å². The molecule has 0 fully saturated rings. The molecule has 1 rings (SSSR count). The number of benzene rings is 1. The van der Waals surface area contributed by atoms with Gasteiger partial charge in [-0.1, -0.05) is 19.9 Å².